The molecule has 0 radical (unpaired) electrons. The van der Waals surface area contributed by atoms with Gasteiger partial charge in [-0.2, -0.15) is 35.0 Å². The van der Waals surface area contributed by atoms with Crippen molar-refractivity contribution in [3.8, 4) is 40.6 Å². The maximum Gasteiger partial charge on any atom is 2.00 e. The molecule has 0 unspecified atom stereocenters. The van der Waals surface area contributed by atoms with Crippen LogP contribution in [0.1, 0.15) is 1.37 Å². The van der Waals surface area contributed by atoms with Crippen LogP contribution in [-0.2, 0) is 42.1 Å². The van der Waals surface area contributed by atoms with Crippen molar-refractivity contribution < 1.29 is 53.0 Å². The van der Waals surface area contributed by atoms with E-state index in [0.717, 1.165) is 66.0 Å². The van der Waals surface area contributed by atoms with Crippen molar-refractivity contribution in [2.45, 2.75) is 0 Å². The normalized spacial score (nSPS) is 11.6. The van der Waals surface area contributed by atoms with Gasteiger partial charge in [0.05, 0.1) is 1.37 Å². The summed E-state index contributed by atoms with van der Waals surface area (Å²) in [6.45, 7) is 0. The topological polar surface area (TPSA) is 84.8 Å². The van der Waals surface area contributed by atoms with E-state index in [1.807, 2.05) is 102 Å². The minimum Gasteiger partial charge on any atom is -0.509 e. The summed E-state index contributed by atoms with van der Waals surface area (Å²) in [6, 6.07) is 59.4. The van der Waals surface area contributed by atoms with E-state index < -0.39 is 0 Å². The van der Waals surface area contributed by atoms with E-state index in [-0.39, 0.29) is 48.3 Å². The first kappa shape index (κ1) is 37.1. The summed E-state index contributed by atoms with van der Waals surface area (Å²) in [5.74, 6) is 3.84. The largest absolute Gasteiger partial charge is 2.00 e. The van der Waals surface area contributed by atoms with Gasteiger partial charge in [0.1, 0.15) is 11.6 Å². The molecule has 0 amide bonds. The monoisotopic (exact) mass is 1150 g/mol. The molecule has 6 heterocycles. The SMILES string of the molecule is [2H]c1ccnc(-n2c3[c-]c(Oc4[c-]c5c(cc4)c4ccccc4n5-c4ccccn4)ccc3c3ccc(Oc4[c-]c5c(cc4)c4ccccc4n5-c4ccccn4)[c-]c32)n1.[Pt+2].[Pt+2]. The van der Waals surface area contributed by atoms with Crippen molar-refractivity contribution in [1.29, 1.82) is 0 Å². The molecule has 0 fully saturated rings. The van der Waals surface area contributed by atoms with Crippen molar-refractivity contribution in [1.82, 2.24) is 33.6 Å². The molecule has 0 saturated heterocycles. The van der Waals surface area contributed by atoms with Gasteiger partial charge >= 0.3 is 42.1 Å². The van der Waals surface area contributed by atoms with E-state index in [0.29, 0.717) is 40.0 Å². The van der Waals surface area contributed by atoms with E-state index in [2.05, 4.69) is 89.7 Å². The average molecular weight is 1150 g/mol. The second-order valence-electron chi connectivity index (χ2n) is 13.9. The molecule has 12 rings (SSSR count). The van der Waals surface area contributed by atoms with E-state index in [9.17, 15) is 0 Å². The Kier molecular flexibility index (Phi) is 9.49. The van der Waals surface area contributed by atoms with Gasteiger partial charge in [-0.1, -0.05) is 70.6 Å². The molecule has 294 valence electrons. The number of fused-ring (bicyclic) bond motifs is 9. The Morgan fingerprint density at radius 3 is 1.20 bits per heavy atom. The first-order chi connectivity index (χ1) is 29.6. The third-order valence-corrected chi connectivity index (χ3v) is 10.5. The Hall–Kier alpha value is -6.92. The van der Waals surface area contributed by atoms with Crippen LogP contribution in [0.5, 0.6) is 23.0 Å². The Balaban J connectivity index is 0.00000229. The summed E-state index contributed by atoms with van der Waals surface area (Å²) >= 11 is 0. The summed E-state index contributed by atoms with van der Waals surface area (Å²) in [6.07, 6.45) is 5.22. The van der Waals surface area contributed by atoms with Crippen LogP contribution in [0, 0.1) is 24.3 Å². The number of aromatic nitrogens is 7. The van der Waals surface area contributed by atoms with Crippen LogP contribution >= 0.6 is 0 Å². The molecule has 0 aliphatic rings. The van der Waals surface area contributed by atoms with Crippen molar-refractivity contribution in [2.75, 3.05) is 0 Å². The molecular weight excluding hydrogens is 1120 g/mol. The predicted molar refractivity (Wildman–Crippen MR) is 229 cm³/mol. The van der Waals surface area contributed by atoms with Gasteiger partial charge in [-0.3, -0.25) is 0 Å². The van der Waals surface area contributed by atoms with Gasteiger partial charge < -0.3 is 23.2 Å². The summed E-state index contributed by atoms with van der Waals surface area (Å²) in [5, 5.41) is 6.03. The molecule has 0 N–H and O–H groups in total. The maximum atomic E-state index is 8.35. The van der Waals surface area contributed by atoms with Gasteiger partial charge in [0.2, 0.25) is 5.95 Å². The summed E-state index contributed by atoms with van der Waals surface area (Å²) in [7, 11) is 0. The molecule has 0 aliphatic heterocycles. The number of rotatable bonds is 7. The fourth-order valence-electron chi connectivity index (χ4n) is 8.07. The molecule has 0 spiro atoms. The van der Waals surface area contributed by atoms with Gasteiger partial charge in [0.25, 0.3) is 0 Å². The van der Waals surface area contributed by atoms with Gasteiger partial charge in [0, 0.05) is 58.8 Å². The van der Waals surface area contributed by atoms with Crippen LogP contribution in [0.15, 0.2) is 164 Å². The number of ether oxygens (including phenoxy) is 2. The van der Waals surface area contributed by atoms with Crippen LogP contribution in [0.25, 0.3) is 83.0 Å². The van der Waals surface area contributed by atoms with E-state index >= 15 is 0 Å². The Morgan fingerprint density at radius 1 is 0.377 bits per heavy atom. The van der Waals surface area contributed by atoms with E-state index in [4.69, 9.17) is 10.8 Å². The van der Waals surface area contributed by atoms with Crippen molar-refractivity contribution in [3.05, 3.63) is 189 Å². The molecular formula is C50H27N7O2Pt2. The van der Waals surface area contributed by atoms with Crippen LogP contribution in [0.3, 0.4) is 0 Å². The Morgan fingerprint density at radius 2 is 0.770 bits per heavy atom. The van der Waals surface area contributed by atoms with Gasteiger partial charge in [0.15, 0.2) is 0 Å². The molecule has 12 aromatic rings. The van der Waals surface area contributed by atoms with Crippen LogP contribution < -0.4 is 9.47 Å². The number of pyridine rings is 2. The van der Waals surface area contributed by atoms with Gasteiger partial charge in [-0.25, -0.2) is 19.9 Å². The zero-order valence-corrected chi connectivity index (χ0v) is 36.1. The molecule has 9 nitrogen and oxygen atoms in total. The second-order valence-corrected chi connectivity index (χ2v) is 13.9. The third kappa shape index (κ3) is 6.40. The quantitative estimate of drug-likeness (QED) is 0.148. The van der Waals surface area contributed by atoms with Crippen molar-refractivity contribution in [3.63, 3.8) is 0 Å². The molecule has 6 aromatic carbocycles. The zero-order valence-electron chi connectivity index (χ0n) is 32.6. The Labute approximate surface area is 378 Å². The number of benzene rings is 6. The standard InChI is InChI=1S/C50H27N7O2.2Pt/c1-3-12-42-36(10-1)38-20-16-32(28-44(38)55(42)48-14-5-7-24-51-48)58-34-18-22-40-41-23-19-35(31-47(41)57(46(40)30-34)50-53-26-9-27-54-50)59-33-17-21-39-37-11-2-4-13-43(37)56(45(39)29-33)49-15-6-8-25-52-49;;/h1-27H;;/q-4;2*+2/i26D;;. The van der Waals surface area contributed by atoms with E-state index in [1.165, 1.54) is 0 Å². The third-order valence-electron chi connectivity index (χ3n) is 10.5. The number of nitrogens with zero attached hydrogens (tertiary/aromatic N) is 7. The van der Waals surface area contributed by atoms with Gasteiger partial charge in [-0.15, -0.1) is 59.3 Å². The minimum absolute atomic E-state index is 0. The average Bonchev–Trinajstić information content (AvgIpc) is 3.91. The molecule has 0 saturated carbocycles. The molecule has 61 heavy (non-hydrogen) atoms. The minimum atomic E-state index is 0. The summed E-state index contributed by atoms with van der Waals surface area (Å²) in [5.41, 5.74) is 5.05. The second kappa shape index (κ2) is 15.6. The van der Waals surface area contributed by atoms with Crippen LogP contribution in [-0.4, -0.2) is 33.6 Å². The zero-order chi connectivity index (χ0) is 39.7. The van der Waals surface area contributed by atoms with E-state index in [1.54, 1.807) is 24.7 Å². The predicted octanol–water partition coefficient (Wildman–Crippen LogP) is 11.3. The van der Waals surface area contributed by atoms with Crippen LogP contribution in [0.2, 0.25) is 0 Å². The summed E-state index contributed by atoms with van der Waals surface area (Å²) in [4.78, 5) is 18.4. The number of hydrogen-bond donors (Lipinski definition) is 0. The Bertz CT molecular complexity index is 3430. The van der Waals surface area contributed by atoms with Crippen molar-refractivity contribution in [2.24, 2.45) is 0 Å². The molecule has 0 aliphatic carbocycles. The van der Waals surface area contributed by atoms with Gasteiger partial charge in [-0.05, 0) is 53.2 Å². The molecule has 11 heteroatoms. The molecule has 0 atom stereocenters. The fourth-order valence-corrected chi connectivity index (χ4v) is 8.07. The molecule has 6 aromatic heterocycles. The fraction of sp³-hybridized carbons (Fsp3) is 0. The maximum absolute atomic E-state index is 8.35. The smallest absolute Gasteiger partial charge is 0.509 e. The molecule has 0 bridgehead atoms. The first-order valence-corrected chi connectivity index (χ1v) is 19.0. The summed E-state index contributed by atoms with van der Waals surface area (Å²) < 4.78 is 27.4. The number of para-hydroxylation sites is 2. The first-order valence-electron chi connectivity index (χ1n) is 19.5. The number of hydrogen-bond acceptors (Lipinski definition) is 6. The van der Waals surface area contributed by atoms with Crippen molar-refractivity contribution >= 4 is 65.4 Å². The van der Waals surface area contributed by atoms with Crippen LogP contribution in [0.4, 0.5) is 0 Å².